The molecule has 2 N–H and O–H groups in total. The highest BCUT2D eigenvalue weighted by atomic mass is 15.1. The number of aromatic nitrogens is 2. The number of benzene rings is 2. The summed E-state index contributed by atoms with van der Waals surface area (Å²) < 4.78 is 2.30. The number of nitrogens with two attached hydrogens (primary N) is 1. The van der Waals surface area contributed by atoms with Crippen molar-refractivity contribution in [3.63, 3.8) is 0 Å². The average molecular weight is 265 g/mol. The van der Waals surface area contributed by atoms with Crippen molar-refractivity contribution in [2.24, 2.45) is 5.73 Å². The van der Waals surface area contributed by atoms with E-state index in [0.717, 1.165) is 24.3 Å². The van der Waals surface area contributed by atoms with Crippen LogP contribution < -0.4 is 5.73 Å². The molecule has 3 heteroatoms. The van der Waals surface area contributed by atoms with E-state index in [1.54, 1.807) is 0 Å². The molecule has 0 saturated carbocycles. The van der Waals surface area contributed by atoms with Crippen LogP contribution in [-0.4, -0.2) is 9.55 Å². The monoisotopic (exact) mass is 265 g/mol. The zero-order chi connectivity index (χ0) is 13.9. The van der Waals surface area contributed by atoms with Crippen LogP contribution in [0.4, 0.5) is 0 Å². The second kappa shape index (κ2) is 5.47. The largest absolute Gasteiger partial charge is 0.326 e. The Morgan fingerprint density at radius 2 is 1.70 bits per heavy atom. The Morgan fingerprint density at radius 1 is 1.00 bits per heavy atom. The van der Waals surface area contributed by atoms with Gasteiger partial charge in [-0.2, -0.15) is 0 Å². The van der Waals surface area contributed by atoms with Crippen LogP contribution in [0.5, 0.6) is 0 Å². The molecule has 0 aliphatic carbocycles. The van der Waals surface area contributed by atoms with Crippen molar-refractivity contribution in [1.82, 2.24) is 9.55 Å². The number of imidazole rings is 1. The smallest absolute Gasteiger partial charge is 0.109 e. The van der Waals surface area contributed by atoms with Crippen LogP contribution in [0.1, 0.15) is 23.9 Å². The number of fused-ring (bicyclic) bond motifs is 1. The van der Waals surface area contributed by atoms with Crippen LogP contribution in [0.3, 0.4) is 0 Å². The van der Waals surface area contributed by atoms with Gasteiger partial charge >= 0.3 is 0 Å². The maximum Gasteiger partial charge on any atom is 0.109 e. The quantitative estimate of drug-likeness (QED) is 0.787. The molecule has 3 aromatic rings. The Kier molecular flexibility index (Phi) is 3.52. The molecule has 0 spiro atoms. The third-order valence-electron chi connectivity index (χ3n) is 3.72. The third kappa shape index (κ3) is 2.21. The molecule has 0 aliphatic heterocycles. The van der Waals surface area contributed by atoms with E-state index >= 15 is 0 Å². The Bertz CT molecular complexity index is 728. The standard InChI is InChI=1S/C17H19N3/c1-2-17-19-15-9-5-6-10-16(15)20(17)12-14-8-4-3-7-13(14)11-18/h3-10H,2,11-12,18H2,1H3. The first-order valence-electron chi connectivity index (χ1n) is 7.04. The zero-order valence-electron chi connectivity index (χ0n) is 11.7. The summed E-state index contributed by atoms with van der Waals surface area (Å²) in [6, 6.07) is 16.7. The molecule has 20 heavy (non-hydrogen) atoms. The van der Waals surface area contributed by atoms with E-state index in [1.807, 2.05) is 12.1 Å². The van der Waals surface area contributed by atoms with Gasteiger partial charge in [-0.05, 0) is 23.3 Å². The van der Waals surface area contributed by atoms with Gasteiger partial charge in [0.2, 0.25) is 0 Å². The lowest BCUT2D eigenvalue weighted by Crippen LogP contribution is -2.08. The van der Waals surface area contributed by atoms with E-state index < -0.39 is 0 Å². The van der Waals surface area contributed by atoms with E-state index in [9.17, 15) is 0 Å². The molecule has 1 heterocycles. The minimum Gasteiger partial charge on any atom is -0.326 e. The van der Waals surface area contributed by atoms with Crippen LogP contribution >= 0.6 is 0 Å². The van der Waals surface area contributed by atoms with E-state index in [4.69, 9.17) is 10.7 Å². The first-order chi connectivity index (χ1) is 9.83. The first kappa shape index (κ1) is 12.9. The normalized spacial score (nSPS) is 11.1. The lowest BCUT2D eigenvalue weighted by Gasteiger charge is -2.11. The number of para-hydroxylation sites is 2. The lowest BCUT2D eigenvalue weighted by molar-refractivity contribution is 0.745. The van der Waals surface area contributed by atoms with Crippen LogP contribution in [0.2, 0.25) is 0 Å². The minimum atomic E-state index is 0.574. The number of aryl methyl sites for hydroxylation is 1. The van der Waals surface area contributed by atoms with Gasteiger partial charge in [0.25, 0.3) is 0 Å². The molecule has 3 nitrogen and oxygen atoms in total. The fourth-order valence-corrected chi connectivity index (χ4v) is 2.65. The van der Waals surface area contributed by atoms with E-state index in [0.29, 0.717) is 6.54 Å². The average Bonchev–Trinajstić information content (AvgIpc) is 2.86. The Labute approximate surface area is 119 Å². The molecule has 1 aromatic heterocycles. The maximum atomic E-state index is 5.84. The highest BCUT2D eigenvalue weighted by Gasteiger charge is 2.10. The van der Waals surface area contributed by atoms with E-state index in [1.165, 1.54) is 16.6 Å². The predicted octanol–water partition coefficient (Wildman–Crippen LogP) is 3.11. The molecule has 2 aromatic carbocycles. The Morgan fingerprint density at radius 3 is 2.45 bits per heavy atom. The summed E-state index contributed by atoms with van der Waals surface area (Å²) in [5.74, 6) is 1.12. The maximum absolute atomic E-state index is 5.84. The van der Waals surface area contributed by atoms with E-state index in [-0.39, 0.29) is 0 Å². The van der Waals surface area contributed by atoms with E-state index in [2.05, 4.69) is 47.9 Å². The molecule has 0 atom stereocenters. The summed E-state index contributed by atoms with van der Waals surface area (Å²) in [5, 5.41) is 0. The fourth-order valence-electron chi connectivity index (χ4n) is 2.65. The third-order valence-corrected chi connectivity index (χ3v) is 3.72. The first-order valence-corrected chi connectivity index (χ1v) is 7.04. The number of hydrogen-bond donors (Lipinski definition) is 1. The minimum absolute atomic E-state index is 0.574. The zero-order valence-corrected chi connectivity index (χ0v) is 11.7. The van der Waals surface area contributed by atoms with Crippen molar-refractivity contribution in [2.45, 2.75) is 26.4 Å². The lowest BCUT2D eigenvalue weighted by atomic mass is 10.1. The van der Waals surface area contributed by atoms with Crippen molar-refractivity contribution in [3.8, 4) is 0 Å². The van der Waals surface area contributed by atoms with Gasteiger partial charge in [0, 0.05) is 19.5 Å². The molecule has 0 fully saturated rings. The summed E-state index contributed by atoms with van der Waals surface area (Å²) in [5.41, 5.74) is 10.6. The molecule has 0 aliphatic rings. The summed E-state index contributed by atoms with van der Waals surface area (Å²) in [6.07, 6.45) is 0.930. The van der Waals surface area contributed by atoms with Gasteiger partial charge in [0.1, 0.15) is 5.82 Å². The van der Waals surface area contributed by atoms with Gasteiger partial charge in [-0.3, -0.25) is 0 Å². The molecule has 0 radical (unpaired) electrons. The Balaban J connectivity index is 2.10. The summed E-state index contributed by atoms with van der Waals surface area (Å²) in [4.78, 5) is 4.71. The van der Waals surface area contributed by atoms with Gasteiger partial charge < -0.3 is 10.3 Å². The highest BCUT2D eigenvalue weighted by Crippen LogP contribution is 2.19. The predicted molar refractivity (Wildman–Crippen MR) is 82.5 cm³/mol. The molecule has 0 bridgehead atoms. The highest BCUT2D eigenvalue weighted by molar-refractivity contribution is 5.76. The Hall–Kier alpha value is -2.13. The van der Waals surface area contributed by atoms with Gasteiger partial charge in [-0.15, -0.1) is 0 Å². The molecule has 0 unspecified atom stereocenters. The molecular formula is C17H19N3. The van der Waals surface area contributed by atoms with Crippen molar-refractivity contribution in [3.05, 3.63) is 65.5 Å². The molecular weight excluding hydrogens is 246 g/mol. The van der Waals surface area contributed by atoms with Gasteiger partial charge in [0.05, 0.1) is 11.0 Å². The summed E-state index contributed by atoms with van der Waals surface area (Å²) in [7, 11) is 0. The summed E-state index contributed by atoms with van der Waals surface area (Å²) >= 11 is 0. The molecule has 102 valence electrons. The van der Waals surface area contributed by atoms with Gasteiger partial charge in [-0.25, -0.2) is 4.98 Å². The number of hydrogen-bond acceptors (Lipinski definition) is 2. The van der Waals surface area contributed by atoms with Crippen LogP contribution in [0.15, 0.2) is 48.5 Å². The van der Waals surface area contributed by atoms with Crippen LogP contribution in [0.25, 0.3) is 11.0 Å². The molecule has 0 amide bonds. The van der Waals surface area contributed by atoms with Crippen LogP contribution in [0, 0.1) is 0 Å². The topological polar surface area (TPSA) is 43.8 Å². The molecule has 0 saturated heterocycles. The van der Waals surface area contributed by atoms with Crippen molar-refractivity contribution in [1.29, 1.82) is 0 Å². The second-order valence-corrected chi connectivity index (χ2v) is 4.93. The summed E-state index contributed by atoms with van der Waals surface area (Å²) in [6.45, 7) is 3.55. The second-order valence-electron chi connectivity index (χ2n) is 4.93. The van der Waals surface area contributed by atoms with Gasteiger partial charge in [0.15, 0.2) is 0 Å². The van der Waals surface area contributed by atoms with Crippen LogP contribution in [-0.2, 0) is 19.5 Å². The van der Waals surface area contributed by atoms with Crippen molar-refractivity contribution >= 4 is 11.0 Å². The number of rotatable bonds is 4. The van der Waals surface area contributed by atoms with Crippen molar-refractivity contribution < 1.29 is 0 Å². The van der Waals surface area contributed by atoms with Crippen molar-refractivity contribution in [2.75, 3.05) is 0 Å². The van der Waals surface area contributed by atoms with Gasteiger partial charge in [-0.1, -0.05) is 43.3 Å². The number of nitrogens with zero attached hydrogens (tertiary/aromatic N) is 2. The fraction of sp³-hybridized carbons (Fsp3) is 0.235. The SMILES string of the molecule is CCc1nc2ccccc2n1Cc1ccccc1CN. The molecule has 3 rings (SSSR count).